The van der Waals surface area contributed by atoms with Crippen molar-refractivity contribution in [1.82, 2.24) is 4.98 Å². The number of rotatable bonds is 6. The zero-order valence-corrected chi connectivity index (χ0v) is 13.1. The van der Waals surface area contributed by atoms with Crippen LogP contribution in [0, 0.1) is 0 Å². The topological polar surface area (TPSA) is 79.7 Å². The number of halogens is 3. The first-order valence-electron chi connectivity index (χ1n) is 5.93. The lowest BCUT2D eigenvalue weighted by Crippen LogP contribution is -2.35. The Kier molecular flexibility index (Phi) is 7.01. The number of ether oxygens (including phenoxy) is 1. The molecular formula is C12H13Cl3N2O4. The average Bonchev–Trinajstić information content (AvgIpc) is 2.41. The highest BCUT2D eigenvalue weighted by atomic mass is 35.6. The molecule has 1 aromatic rings. The van der Waals surface area contributed by atoms with Gasteiger partial charge in [0.15, 0.2) is 0 Å². The van der Waals surface area contributed by atoms with Crippen molar-refractivity contribution in [3.8, 4) is 0 Å². The summed E-state index contributed by atoms with van der Waals surface area (Å²) in [4.78, 5) is 27.8. The van der Waals surface area contributed by atoms with Gasteiger partial charge in [0, 0.05) is 19.2 Å². The molecule has 6 nitrogen and oxygen atoms in total. The molecule has 0 aromatic carbocycles. The molecule has 0 radical (unpaired) electrons. The molecule has 9 heteroatoms. The summed E-state index contributed by atoms with van der Waals surface area (Å²) in [6, 6.07) is 4.97. The van der Waals surface area contributed by atoms with Crippen molar-refractivity contribution in [3.05, 3.63) is 24.4 Å². The predicted octanol–water partition coefficient (Wildman–Crippen LogP) is 3.26. The standard InChI is InChI=1S/C12H13Cl3N2O4/c13-12(14,15)8-21-11(20)17(7-3-5-10(18)19)9-4-1-2-6-16-9/h1-2,4,6H,3,5,7-8H2,(H,18,19). The largest absolute Gasteiger partial charge is 0.481 e. The van der Waals surface area contributed by atoms with E-state index in [0.717, 1.165) is 0 Å². The van der Waals surface area contributed by atoms with Gasteiger partial charge >= 0.3 is 12.1 Å². The van der Waals surface area contributed by atoms with E-state index < -0.39 is 22.5 Å². The molecule has 1 rings (SSSR count). The molecule has 1 aromatic heterocycles. The van der Waals surface area contributed by atoms with Gasteiger partial charge in [-0.3, -0.25) is 9.69 Å². The Morgan fingerprint density at radius 2 is 2.05 bits per heavy atom. The zero-order chi connectivity index (χ0) is 15.9. The Morgan fingerprint density at radius 1 is 1.33 bits per heavy atom. The van der Waals surface area contributed by atoms with Crippen LogP contribution in [0.4, 0.5) is 10.6 Å². The minimum absolute atomic E-state index is 0.0823. The van der Waals surface area contributed by atoms with E-state index in [4.69, 9.17) is 44.6 Å². The maximum Gasteiger partial charge on any atom is 0.415 e. The molecule has 0 aliphatic rings. The molecular weight excluding hydrogens is 343 g/mol. The first-order chi connectivity index (χ1) is 9.79. The van der Waals surface area contributed by atoms with Crippen molar-refractivity contribution in [2.45, 2.75) is 16.6 Å². The lowest BCUT2D eigenvalue weighted by Gasteiger charge is -2.22. The van der Waals surface area contributed by atoms with Crippen molar-refractivity contribution < 1.29 is 19.4 Å². The van der Waals surface area contributed by atoms with E-state index in [1.807, 2.05) is 0 Å². The summed E-state index contributed by atoms with van der Waals surface area (Å²) in [5.74, 6) is -0.622. The van der Waals surface area contributed by atoms with Crippen molar-refractivity contribution in [2.75, 3.05) is 18.1 Å². The van der Waals surface area contributed by atoms with E-state index in [1.165, 1.54) is 11.1 Å². The third-order valence-corrected chi connectivity index (χ3v) is 2.61. The number of pyridine rings is 1. The highest BCUT2D eigenvalue weighted by Gasteiger charge is 2.25. The summed E-state index contributed by atoms with van der Waals surface area (Å²) >= 11 is 16.5. The van der Waals surface area contributed by atoms with Crippen LogP contribution in [0.5, 0.6) is 0 Å². The molecule has 0 bridgehead atoms. The van der Waals surface area contributed by atoms with Gasteiger partial charge in [0.25, 0.3) is 0 Å². The Bertz CT molecular complexity index is 479. The highest BCUT2D eigenvalue weighted by molar-refractivity contribution is 6.67. The van der Waals surface area contributed by atoms with E-state index in [1.54, 1.807) is 18.2 Å². The Balaban J connectivity index is 2.72. The van der Waals surface area contributed by atoms with Crippen LogP contribution in [0.2, 0.25) is 0 Å². The summed E-state index contributed by atoms with van der Waals surface area (Å²) in [6.07, 6.45) is 0.905. The number of carbonyl (C=O) groups excluding carboxylic acids is 1. The molecule has 0 aliphatic carbocycles. The smallest absolute Gasteiger partial charge is 0.415 e. The third kappa shape index (κ3) is 7.36. The maximum absolute atomic E-state index is 12.0. The van der Waals surface area contributed by atoms with Crippen LogP contribution < -0.4 is 4.90 Å². The molecule has 1 amide bonds. The second-order valence-corrected chi connectivity index (χ2v) is 6.52. The van der Waals surface area contributed by atoms with Crippen LogP contribution in [-0.4, -0.2) is 39.1 Å². The predicted molar refractivity (Wildman–Crippen MR) is 80.1 cm³/mol. The fraction of sp³-hybridized carbons (Fsp3) is 0.417. The lowest BCUT2D eigenvalue weighted by atomic mass is 10.3. The molecule has 0 aliphatic heterocycles. The first kappa shape index (κ1) is 17.8. The summed E-state index contributed by atoms with van der Waals surface area (Å²) < 4.78 is 3.17. The number of aromatic nitrogens is 1. The summed E-state index contributed by atoms with van der Waals surface area (Å²) in [5, 5.41) is 8.64. The van der Waals surface area contributed by atoms with Gasteiger partial charge in [0.05, 0.1) is 0 Å². The van der Waals surface area contributed by atoms with Crippen LogP contribution in [0.25, 0.3) is 0 Å². The number of anilines is 1. The minimum atomic E-state index is -1.72. The van der Waals surface area contributed by atoms with Gasteiger partial charge in [0.2, 0.25) is 3.79 Å². The minimum Gasteiger partial charge on any atom is -0.481 e. The van der Waals surface area contributed by atoms with E-state index in [0.29, 0.717) is 5.82 Å². The molecule has 0 unspecified atom stereocenters. The Hall–Kier alpha value is -1.24. The van der Waals surface area contributed by atoms with E-state index in [9.17, 15) is 9.59 Å². The van der Waals surface area contributed by atoms with Crippen molar-refractivity contribution >= 4 is 52.7 Å². The van der Waals surface area contributed by atoms with E-state index >= 15 is 0 Å². The fourth-order valence-electron chi connectivity index (χ4n) is 1.42. The fourth-order valence-corrected chi connectivity index (χ4v) is 1.59. The van der Waals surface area contributed by atoms with Crippen LogP contribution in [0.3, 0.4) is 0 Å². The maximum atomic E-state index is 12.0. The molecule has 1 heterocycles. The third-order valence-electron chi connectivity index (χ3n) is 2.28. The molecule has 0 atom stereocenters. The zero-order valence-electron chi connectivity index (χ0n) is 10.8. The molecule has 0 spiro atoms. The van der Waals surface area contributed by atoms with E-state index in [-0.39, 0.29) is 19.4 Å². The number of aliphatic carboxylic acids is 1. The Morgan fingerprint density at radius 3 is 2.57 bits per heavy atom. The van der Waals surface area contributed by atoms with Gasteiger partial charge in [-0.2, -0.15) is 0 Å². The Labute approximate surface area is 136 Å². The number of carboxylic acid groups (broad SMARTS) is 1. The number of hydrogen-bond donors (Lipinski definition) is 1. The van der Waals surface area contributed by atoms with E-state index in [2.05, 4.69) is 4.98 Å². The number of carbonyl (C=O) groups is 2. The summed E-state index contributed by atoms with van der Waals surface area (Å²) in [6.45, 7) is -0.291. The number of nitrogens with zero attached hydrogens (tertiary/aromatic N) is 2. The van der Waals surface area contributed by atoms with Gasteiger partial charge in [-0.25, -0.2) is 9.78 Å². The molecule has 21 heavy (non-hydrogen) atoms. The highest BCUT2D eigenvalue weighted by Crippen LogP contribution is 2.26. The average molecular weight is 356 g/mol. The van der Waals surface area contributed by atoms with Gasteiger partial charge in [-0.15, -0.1) is 0 Å². The monoisotopic (exact) mass is 354 g/mol. The second kappa shape index (κ2) is 8.26. The SMILES string of the molecule is O=C(O)CCCN(C(=O)OCC(Cl)(Cl)Cl)c1ccccn1. The number of amides is 1. The quantitative estimate of drug-likeness (QED) is 0.792. The van der Waals surface area contributed by atoms with Crippen molar-refractivity contribution in [2.24, 2.45) is 0 Å². The van der Waals surface area contributed by atoms with Crippen molar-refractivity contribution in [3.63, 3.8) is 0 Å². The van der Waals surface area contributed by atoms with Crippen LogP contribution in [-0.2, 0) is 9.53 Å². The molecule has 0 fully saturated rings. The lowest BCUT2D eigenvalue weighted by molar-refractivity contribution is -0.137. The number of alkyl halides is 3. The summed E-state index contributed by atoms with van der Waals surface area (Å²) in [5.41, 5.74) is 0. The normalized spacial score (nSPS) is 11.0. The molecule has 116 valence electrons. The number of carboxylic acids is 1. The molecule has 0 saturated carbocycles. The first-order valence-corrected chi connectivity index (χ1v) is 7.07. The van der Waals surface area contributed by atoms with Crippen molar-refractivity contribution in [1.29, 1.82) is 0 Å². The van der Waals surface area contributed by atoms with Crippen LogP contribution >= 0.6 is 34.8 Å². The van der Waals surface area contributed by atoms with Gasteiger partial charge in [-0.1, -0.05) is 40.9 Å². The summed E-state index contributed by atoms with van der Waals surface area (Å²) in [7, 11) is 0. The van der Waals surface area contributed by atoms with Gasteiger partial charge < -0.3 is 9.84 Å². The molecule has 1 N–H and O–H groups in total. The van der Waals surface area contributed by atoms with Gasteiger partial charge in [-0.05, 0) is 18.6 Å². The number of hydrogen-bond acceptors (Lipinski definition) is 4. The van der Waals surface area contributed by atoms with Crippen LogP contribution in [0.1, 0.15) is 12.8 Å². The van der Waals surface area contributed by atoms with Gasteiger partial charge in [0.1, 0.15) is 12.4 Å². The van der Waals surface area contributed by atoms with Crippen LogP contribution in [0.15, 0.2) is 24.4 Å². The second-order valence-electron chi connectivity index (χ2n) is 4.01. The molecule has 0 saturated heterocycles.